The van der Waals surface area contributed by atoms with E-state index in [4.69, 9.17) is 90.0 Å². The maximum atomic E-state index is 11.8. The number of aliphatic hydroxyl groups excluding tert-OH is 3. The van der Waals surface area contributed by atoms with Crippen LogP contribution in [0.3, 0.4) is 0 Å². The summed E-state index contributed by atoms with van der Waals surface area (Å²) < 4.78 is 76.5. The van der Waals surface area contributed by atoms with Crippen LogP contribution in [0, 0.1) is 27.7 Å². The molecule has 0 unspecified atom stereocenters. The van der Waals surface area contributed by atoms with Gasteiger partial charge in [-0.25, -0.2) is 10.7 Å². The van der Waals surface area contributed by atoms with Crippen LogP contribution in [0.2, 0.25) is 0 Å². The van der Waals surface area contributed by atoms with Crippen LogP contribution >= 0.6 is 0 Å². The zero-order valence-corrected chi connectivity index (χ0v) is 72.0. The number of nitrogens with zero attached hydrogens (tertiary/aromatic N) is 1. The molecule has 0 bridgehead atoms. The predicted molar refractivity (Wildman–Crippen MR) is 455 cm³/mol. The Labute approximate surface area is 733 Å². The molecule has 0 aliphatic heterocycles. The fraction of sp³-hybridized carbons (Fsp3) is 0.261. The number of benzene rings is 5. The fourth-order valence-electron chi connectivity index (χ4n) is 10.5. The van der Waals surface area contributed by atoms with Crippen molar-refractivity contribution in [2.75, 3.05) is 7.05 Å². The summed E-state index contributed by atoms with van der Waals surface area (Å²) in [6, 6.07) is 57.1. The molecule has 35 heteroatoms. The van der Waals surface area contributed by atoms with E-state index in [2.05, 4.69) is 15.0 Å². The third kappa shape index (κ3) is 37.5. The van der Waals surface area contributed by atoms with Crippen LogP contribution in [0.4, 0.5) is 0 Å². The number of aromatic carboxylic acids is 1. The Hall–Kier alpha value is -13.4. The van der Waals surface area contributed by atoms with Gasteiger partial charge in [-0.3, -0.25) is 48.0 Å². The summed E-state index contributed by atoms with van der Waals surface area (Å²) in [5.41, 5.74) is 9.54. The van der Waals surface area contributed by atoms with Gasteiger partial charge in [0.15, 0.2) is 56.3 Å². The number of carboxylic acids is 1. The first-order valence-electron chi connectivity index (χ1n) is 38.6. The van der Waals surface area contributed by atoms with Crippen molar-refractivity contribution in [1.29, 1.82) is 0 Å². The number of ketones is 2. The summed E-state index contributed by atoms with van der Waals surface area (Å²) in [4.78, 5) is 119. The minimum atomic E-state index is -1.44. The van der Waals surface area contributed by atoms with Crippen molar-refractivity contribution < 1.29 is 128 Å². The predicted octanol–water partition coefficient (Wildman–Crippen LogP) is 11.2. The molecule has 0 fully saturated rings. The van der Waals surface area contributed by atoms with Crippen molar-refractivity contribution in [2.45, 2.75) is 147 Å². The topological polar surface area (TPSA) is 538 Å². The Bertz CT molecular complexity index is 5760. The van der Waals surface area contributed by atoms with Crippen molar-refractivity contribution in [3.05, 3.63) is 397 Å². The Morgan fingerprint density at radius 1 is 0.378 bits per heavy atom. The van der Waals surface area contributed by atoms with Crippen LogP contribution in [0.5, 0.6) is 17.2 Å². The van der Waals surface area contributed by atoms with E-state index in [1.807, 2.05) is 152 Å². The monoisotopic (exact) mass is 1800 g/mol. The van der Waals surface area contributed by atoms with Crippen LogP contribution in [-0.4, -0.2) is 64.9 Å². The summed E-state index contributed by atoms with van der Waals surface area (Å²) in [7, 11) is 3.23. The number of rotatable bonds is 30. The molecule has 0 aliphatic carbocycles. The second kappa shape index (κ2) is 58.7. The molecule has 7 aromatic heterocycles. The molecule has 0 amide bonds. The molecule has 12 aromatic rings. The average molecular weight is 1800 g/mol. The van der Waals surface area contributed by atoms with Gasteiger partial charge in [-0.05, 0) is 62.6 Å². The van der Waals surface area contributed by atoms with Gasteiger partial charge in [0.1, 0.15) is 112 Å². The zero-order chi connectivity index (χ0) is 93.8. The number of pyridine rings is 1. The standard InChI is InChI=1S/C17H18O4.C15H14O5.C15H16O4.C14H14O5.C13H12O4.C11H16N2O3.C6H6O4.CH5N.Mn.2O/c1-3-15(18)17-12(2)16(19)9-14(21-17)11-20-10-13-7-5-4-6-8-13;1-10-13(16)7-12(20-14(10)15(17)18)9-19-8-11-5-3-2-4-6-11;1-11-14(17)7-13(19-15(11)8-16)10-18-9-12-5-3-2-4-6-12;15-7-13-14(17)12(16)6-11(19-13)9-18-8-10-4-2-1-3-5-10;14-12-6-11(17-9-13(12)15)8-16-7-10-4-2-1-3-5-10;1-4-9(14)11-7(2)10(15)5-8(6-16-12)13(11)3;7-2-4-1-5(8)6(9)3-10-4;1-2;;;/h4-9H,3,10-11H2,1-2H3;2-7H,8-9H2,1H3,(H,17,18);2-7,16H,8-10H2,1H3;1-6,15,17H,7-9H2;1-6,9,15H,7-8H2;5H,4,6,12H2,1-3H3;1,3,7,9H,2H2;2H2,1H3;;;. The van der Waals surface area contributed by atoms with Gasteiger partial charge in [0, 0.05) is 90.3 Å². The number of aromatic nitrogens is 1. The Morgan fingerprint density at radius 3 is 1.03 bits per heavy atom. The van der Waals surface area contributed by atoms with Gasteiger partial charge in [0.25, 0.3) is 0 Å². The van der Waals surface area contributed by atoms with Gasteiger partial charge in [0.2, 0.25) is 27.8 Å². The average Bonchev–Trinajstić information content (AvgIpc) is 0.806. The van der Waals surface area contributed by atoms with E-state index in [-0.39, 0.29) is 126 Å². The molecule has 7 heterocycles. The van der Waals surface area contributed by atoms with E-state index < -0.39 is 60.9 Å². The normalized spacial score (nSPS) is 10.2. The number of hydrogen-bond donors (Lipinski definition) is 9. The number of hydrogen-bond acceptors (Lipinski definition) is 32. The molecule has 127 heavy (non-hydrogen) atoms. The van der Waals surface area contributed by atoms with E-state index >= 15 is 0 Å². The molecule has 5 aromatic carbocycles. The van der Waals surface area contributed by atoms with Crippen molar-refractivity contribution >= 4 is 17.5 Å². The van der Waals surface area contributed by atoms with E-state index in [1.165, 1.54) is 44.3 Å². The third-order valence-corrected chi connectivity index (χ3v) is 17.2. The molecule has 677 valence electrons. The van der Waals surface area contributed by atoms with Gasteiger partial charge in [-0.15, -0.1) is 0 Å². The Morgan fingerprint density at radius 2 is 0.685 bits per heavy atom. The number of carbonyl (C=O) groups is 3. The number of carbonyl (C=O) groups excluding carboxylic acids is 2. The third-order valence-electron chi connectivity index (χ3n) is 17.2. The Kier molecular flexibility index (Phi) is 49.0. The Balaban J connectivity index is 0.000000310. The van der Waals surface area contributed by atoms with Crippen molar-refractivity contribution in [1.82, 2.24) is 4.57 Å². The summed E-state index contributed by atoms with van der Waals surface area (Å²) in [5.74, 6) is 3.84. The van der Waals surface area contributed by atoms with Crippen LogP contribution in [-0.2, 0) is 151 Å². The molecule has 11 N–H and O–H groups in total. The molecule has 0 saturated carbocycles. The van der Waals surface area contributed by atoms with E-state index in [1.54, 1.807) is 46.2 Å². The molecule has 0 saturated heterocycles. The number of nitrogens with two attached hydrogens (primary N) is 2. The van der Waals surface area contributed by atoms with Gasteiger partial charge in [0.05, 0.1) is 38.7 Å². The van der Waals surface area contributed by atoms with E-state index in [0.29, 0.717) is 97.0 Å². The molecular formula is C92H101MnN3O31. The van der Waals surface area contributed by atoms with E-state index in [9.17, 15) is 53.1 Å². The van der Waals surface area contributed by atoms with Gasteiger partial charge in [-0.1, -0.05) is 166 Å². The number of Topliss-reactive ketones (excluding diaryl/α,β-unsaturated/α-hetero) is 2. The minimum absolute atomic E-state index is 0.0463. The molecule has 0 atom stereocenters. The van der Waals surface area contributed by atoms with Gasteiger partial charge in [-0.2, -0.15) is 0 Å². The number of aliphatic hydroxyl groups is 3. The summed E-state index contributed by atoms with van der Waals surface area (Å²) in [6.45, 7) is 11.5. The molecule has 0 aliphatic rings. The molecule has 0 radical (unpaired) electrons. The van der Waals surface area contributed by atoms with Crippen LogP contribution in [0.25, 0.3) is 0 Å². The summed E-state index contributed by atoms with van der Waals surface area (Å²) in [6.07, 6.45) is 2.58. The fourth-order valence-corrected chi connectivity index (χ4v) is 10.5. The molecule has 12 rings (SSSR count). The second-order valence-corrected chi connectivity index (χ2v) is 26.6. The SMILES string of the molecule is CCC(=O)c1c(C)c(=O)cc(CON)n1C.CCC(=O)c1oc(COCc2ccccc2)cc(=O)c1C.CN.Cc1c(C(=O)O)oc(COCc2ccccc2)cc1=O.Cc1c(CO)oc(COCc2ccccc2)cc1=O.O=c1cc(CO)occ1O.O=c1cc(COCc2ccccc2)oc(CO)c1O.O=c1cc(COCc2ccccc2)occ1O.[O]=[Mn]=[O]. The van der Waals surface area contributed by atoms with Crippen LogP contribution in [0.1, 0.15) is 160 Å². The molecular weight excluding hydrogens is 1700 g/mol. The number of ether oxygens (including phenoxy) is 5. The van der Waals surface area contributed by atoms with Crippen molar-refractivity contribution in [2.24, 2.45) is 18.7 Å². The number of aromatic hydroxyl groups is 3. The maximum absolute atomic E-state index is 11.8. The summed E-state index contributed by atoms with van der Waals surface area (Å²) in [5, 5.41) is 62.4. The van der Waals surface area contributed by atoms with Gasteiger partial charge >= 0.3 is 28.5 Å². The number of carboxylic acid groups (broad SMARTS) is 1. The summed E-state index contributed by atoms with van der Waals surface area (Å²) >= 11 is -1.44. The molecule has 0 spiro atoms. The van der Waals surface area contributed by atoms with E-state index in [0.717, 1.165) is 52.5 Å². The van der Waals surface area contributed by atoms with Crippen LogP contribution in [0.15, 0.2) is 267 Å². The molecule has 34 nitrogen and oxygen atoms in total. The van der Waals surface area contributed by atoms with Gasteiger partial charge < -0.3 is 96.2 Å². The van der Waals surface area contributed by atoms with Crippen LogP contribution < -0.4 is 49.6 Å². The quantitative estimate of drug-likeness (QED) is 0.0115. The first-order valence-corrected chi connectivity index (χ1v) is 39.5. The van der Waals surface area contributed by atoms with Crippen molar-refractivity contribution in [3.8, 4) is 17.2 Å². The first-order chi connectivity index (χ1) is 61.0. The second-order valence-electron chi connectivity index (χ2n) is 26.4. The van der Waals surface area contributed by atoms with Crippen molar-refractivity contribution in [3.63, 3.8) is 0 Å². The first kappa shape index (κ1) is 106. The zero-order valence-electron chi connectivity index (χ0n) is 70.9.